The van der Waals surface area contributed by atoms with Crippen LogP contribution in [-0.2, 0) is 36.9 Å². The summed E-state index contributed by atoms with van der Waals surface area (Å²) in [5.74, 6) is -3.25. The Kier molecular flexibility index (Phi) is 17.4. The number of piperidine rings is 1. The molecule has 3 aliphatic heterocycles. The van der Waals surface area contributed by atoms with Crippen LogP contribution in [-0.4, -0.2) is 135 Å². The highest BCUT2D eigenvalue weighted by Gasteiger charge is 2.45. The molecule has 4 amide bonds. The van der Waals surface area contributed by atoms with Crippen LogP contribution in [0.15, 0.2) is 72.3 Å². The normalized spacial score (nSPS) is 20.4. The molecule has 5 atom stereocenters. The van der Waals surface area contributed by atoms with Gasteiger partial charge >= 0.3 is 0 Å². The zero-order valence-corrected chi connectivity index (χ0v) is 44.8. The molecule has 75 heavy (non-hydrogen) atoms. The highest BCUT2D eigenvalue weighted by Crippen LogP contribution is 2.43. The number of β-amino-alcohol motifs (C(OH)–C–C–N with tert-alkyl or cyclic N) is 1. The summed E-state index contributed by atoms with van der Waals surface area (Å²) in [5, 5.41) is 20.2. The summed E-state index contributed by atoms with van der Waals surface area (Å²) in [5.41, 5.74) is 4.82. The Morgan fingerprint density at radius 1 is 1.00 bits per heavy atom. The Morgan fingerprint density at radius 3 is 2.37 bits per heavy atom. The van der Waals surface area contributed by atoms with Crippen molar-refractivity contribution in [3.8, 4) is 10.4 Å². The van der Waals surface area contributed by atoms with Crippen LogP contribution >= 0.6 is 11.3 Å². The number of amides is 4. The van der Waals surface area contributed by atoms with Crippen molar-refractivity contribution in [1.29, 1.82) is 0 Å². The summed E-state index contributed by atoms with van der Waals surface area (Å²) >= 11 is 1.56. The van der Waals surface area contributed by atoms with E-state index in [0.717, 1.165) is 51.3 Å². The van der Waals surface area contributed by atoms with Crippen LogP contribution < -0.4 is 16.0 Å². The number of nitrogens with zero attached hydrogens (tertiary/aromatic N) is 4. The summed E-state index contributed by atoms with van der Waals surface area (Å²) in [6.07, 6.45) is 4.28. The summed E-state index contributed by atoms with van der Waals surface area (Å²) in [4.78, 5) is 68.0. The number of ether oxygens (including phenoxy) is 1. The van der Waals surface area contributed by atoms with Gasteiger partial charge in [0.05, 0.1) is 34.3 Å². The van der Waals surface area contributed by atoms with E-state index in [9.17, 15) is 24.3 Å². The number of aliphatic hydroxyl groups excluding tert-OH is 1. The Bertz CT molecular complexity index is 2840. The number of para-hydroxylation sites is 1. The van der Waals surface area contributed by atoms with Crippen molar-refractivity contribution >= 4 is 51.9 Å². The zero-order chi connectivity index (χ0) is 53.8. The first-order valence-corrected chi connectivity index (χ1v) is 26.9. The molecule has 14 nitrogen and oxygen atoms in total. The number of hydrogen-bond acceptors (Lipinski definition) is 10. The summed E-state index contributed by atoms with van der Waals surface area (Å²) < 4.78 is 53.5. The minimum absolute atomic E-state index is 0.0287. The second-order valence-corrected chi connectivity index (χ2v) is 22.9. The maximum Gasteiger partial charge on any atom is 0.246 e. The minimum Gasteiger partial charge on any atom is -0.391 e. The lowest BCUT2D eigenvalue weighted by atomic mass is 9.85. The number of aliphatic hydroxyl groups is 1. The summed E-state index contributed by atoms with van der Waals surface area (Å²) in [7, 11) is 0. The Labute approximate surface area is 441 Å². The van der Waals surface area contributed by atoms with Crippen molar-refractivity contribution in [2.45, 2.75) is 129 Å². The van der Waals surface area contributed by atoms with Crippen molar-refractivity contribution in [3.63, 3.8) is 0 Å². The van der Waals surface area contributed by atoms with Crippen molar-refractivity contribution in [3.05, 3.63) is 118 Å². The Balaban J connectivity index is 0.762. The number of aromatic nitrogens is 2. The van der Waals surface area contributed by atoms with Gasteiger partial charge in [-0.15, -0.1) is 11.3 Å². The van der Waals surface area contributed by atoms with Gasteiger partial charge in [0.1, 0.15) is 36.0 Å². The molecule has 3 aromatic carbocycles. The first-order chi connectivity index (χ1) is 35.6. The fourth-order valence-corrected chi connectivity index (χ4v) is 11.5. The van der Waals surface area contributed by atoms with Gasteiger partial charge in [-0.1, -0.05) is 63.2 Å². The van der Waals surface area contributed by atoms with Gasteiger partial charge < -0.3 is 40.6 Å². The molecule has 0 unspecified atom stereocenters. The number of likely N-dealkylation sites (tertiary alicyclic amines) is 2. The molecule has 18 heteroatoms. The van der Waals surface area contributed by atoms with Crippen LogP contribution in [0.5, 0.6) is 0 Å². The topological polar surface area (TPSA) is 172 Å². The number of nitrogens with one attached hydrogen (secondary N) is 4. The van der Waals surface area contributed by atoms with Gasteiger partial charge in [0.2, 0.25) is 23.6 Å². The van der Waals surface area contributed by atoms with Crippen LogP contribution in [0.3, 0.4) is 0 Å². The molecule has 5 aromatic rings. The van der Waals surface area contributed by atoms with E-state index >= 15 is 13.2 Å². The second-order valence-electron chi connectivity index (χ2n) is 22.1. The molecule has 0 radical (unpaired) electrons. The number of benzene rings is 3. The minimum atomic E-state index is -1.62. The number of hydrogen-bond donors (Lipinski definition) is 5. The smallest absolute Gasteiger partial charge is 0.246 e. The van der Waals surface area contributed by atoms with Gasteiger partial charge in [-0.2, -0.15) is 0 Å². The lowest BCUT2D eigenvalue weighted by molar-refractivity contribution is -0.145. The first-order valence-electron chi connectivity index (χ1n) is 26.0. The fraction of sp³-hybridized carbons (Fsp3) is 0.491. The lowest BCUT2D eigenvalue weighted by Gasteiger charge is -2.43. The molecule has 5 N–H and O–H groups in total. The van der Waals surface area contributed by atoms with Crippen LogP contribution in [0, 0.1) is 24.0 Å². The first kappa shape index (κ1) is 55.3. The summed E-state index contributed by atoms with van der Waals surface area (Å²) in [6, 6.07) is 15.0. The highest BCUT2D eigenvalue weighted by molar-refractivity contribution is 7.13. The van der Waals surface area contributed by atoms with Crippen LogP contribution in [0.2, 0.25) is 0 Å². The number of rotatable bonds is 18. The number of halogens is 3. The molecule has 0 aliphatic carbocycles. The largest absolute Gasteiger partial charge is 0.391 e. The predicted octanol–water partition coefficient (Wildman–Crippen LogP) is 7.77. The van der Waals surface area contributed by atoms with E-state index in [1.807, 2.05) is 88.0 Å². The van der Waals surface area contributed by atoms with Crippen molar-refractivity contribution in [2.75, 3.05) is 45.9 Å². The van der Waals surface area contributed by atoms with Gasteiger partial charge in [-0.25, -0.2) is 18.2 Å². The number of carbonyl (C=O) groups excluding carboxylic acids is 4. The van der Waals surface area contributed by atoms with E-state index in [1.54, 1.807) is 16.8 Å². The monoisotopic (exact) mass is 1050 g/mol. The number of thiazole rings is 1. The SMILES string of the molecule is Cc1ncsc1-c1ccc(CNC(=O)[C@@H]2C[C@@H](O)CN2C(=O)[C@@H](NC(=O)COC2CCN(CCCNC(=O)/C=C/c3cc(F)c([C@@H]4c5[nH]c6ccccc6c5C[C@@H](C)N4CC(C)(C)F)c(F)c3)CC2)C(C)(C)C)cc1. The molecule has 3 aliphatic rings. The second kappa shape index (κ2) is 23.5. The summed E-state index contributed by atoms with van der Waals surface area (Å²) in [6.45, 7) is 14.8. The Morgan fingerprint density at radius 2 is 1.71 bits per heavy atom. The molecular weight excluding hydrogens is 982 g/mol. The van der Waals surface area contributed by atoms with E-state index in [-0.39, 0.29) is 61.8 Å². The van der Waals surface area contributed by atoms with E-state index in [0.29, 0.717) is 44.5 Å². The molecule has 2 saturated heterocycles. The number of aromatic amines is 1. The zero-order valence-electron chi connectivity index (χ0n) is 44.0. The average Bonchev–Trinajstić information content (AvgIpc) is 4.09. The molecular formula is C57H71F3N8O6S. The number of H-pyrrole nitrogens is 1. The highest BCUT2D eigenvalue weighted by atomic mass is 32.1. The van der Waals surface area contributed by atoms with Gasteiger partial charge in [-0.3, -0.25) is 24.1 Å². The molecule has 0 bridgehead atoms. The van der Waals surface area contributed by atoms with Gasteiger partial charge in [-0.05, 0) is 112 Å². The van der Waals surface area contributed by atoms with E-state index in [2.05, 4.69) is 30.8 Å². The molecule has 0 saturated carbocycles. The molecule has 8 rings (SSSR count). The van der Waals surface area contributed by atoms with Crippen LogP contribution in [0.1, 0.15) is 107 Å². The predicted molar refractivity (Wildman–Crippen MR) is 285 cm³/mol. The number of aryl methyl sites for hydroxylation is 1. The Hall–Kier alpha value is -5.92. The van der Waals surface area contributed by atoms with E-state index < -0.39 is 64.7 Å². The maximum absolute atomic E-state index is 16.2. The van der Waals surface area contributed by atoms with Crippen molar-refractivity contribution in [2.24, 2.45) is 5.41 Å². The van der Waals surface area contributed by atoms with E-state index in [1.165, 1.54) is 43.0 Å². The third kappa shape index (κ3) is 13.6. The lowest BCUT2D eigenvalue weighted by Crippen LogP contribution is -2.58. The third-order valence-corrected chi connectivity index (χ3v) is 15.5. The van der Waals surface area contributed by atoms with Gasteiger partial charge in [0.15, 0.2) is 0 Å². The number of fused-ring (bicyclic) bond motifs is 3. The number of alkyl halides is 1. The van der Waals surface area contributed by atoms with Crippen molar-refractivity contribution < 1.29 is 42.2 Å². The van der Waals surface area contributed by atoms with Gasteiger partial charge in [0.25, 0.3) is 0 Å². The molecule has 2 aromatic heterocycles. The molecule has 2 fully saturated rings. The molecule has 0 spiro atoms. The van der Waals surface area contributed by atoms with Crippen LogP contribution in [0.25, 0.3) is 27.4 Å². The quantitative estimate of drug-likeness (QED) is 0.0435. The molecule has 402 valence electrons. The average molecular weight is 1050 g/mol. The van der Waals surface area contributed by atoms with Crippen molar-refractivity contribution in [1.82, 2.24) is 40.6 Å². The third-order valence-electron chi connectivity index (χ3n) is 14.5. The maximum atomic E-state index is 16.2. The molecule has 5 heterocycles. The van der Waals surface area contributed by atoms with Gasteiger partial charge in [0, 0.05) is 80.0 Å². The standard InChI is InChI=1S/C57H71F3N8O6S/c1-34-25-42-41-11-8-9-12-45(41)64-50(42)51(68(34)32-57(6,7)60)49-43(58)26-37(27-44(49)59)15-18-47(70)61-21-10-22-66-23-19-40(20-24-66)74-31-48(71)65-53(56(3,4)5)55(73)67-30-39(69)28-46(67)54(72)62-29-36-13-16-38(17-14-36)52-35(2)63-33-75-52/h8-9,11-18,26-27,33-34,39-40,46,51,53,64,69H,10,19-25,28-32H2,1-7H3,(H,61,70)(H,62,72)(H,65,71)/b18-15+/t34-,39-,46+,51-,53-/m1/s1. The fourth-order valence-electron chi connectivity index (χ4n) is 10.7. The number of carbonyl (C=O) groups is 4. The van der Waals surface area contributed by atoms with Crippen LogP contribution in [0.4, 0.5) is 13.2 Å². The van der Waals surface area contributed by atoms with E-state index in [4.69, 9.17) is 4.74 Å².